The molecule has 0 saturated heterocycles. The number of carbonyl (C=O) groups excluding carboxylic acids is 1. The van der Waals surface area contributed by atoms with Crippen molar-refractivity contribution in [2.24, 2.45) is 0 Å². The molecular formula is C20H16F3N3O2S. The van der Waals surface area contributed by atoms with Gasteiger partial charge in [0.05, 0.1) is 11.4 Å². The molecule has 0 aliphatic heterocycles. The molecule has 9 heteroatoms. The van der Waals surface area contributed by atoms with E-state index in [1.807, 2.05) is 31.2 Å². The van der Waals surface area contributed by atoms with Crippen LogP contribution < -0.4 is 10.1 Å². The molecule has 0 aliphatic carbocycles. The number of aromatic nitrogens is 2. The lowest BCUT2D eigenvalue weighted by molar-refractivity contribution is -0.141. The molecule has 0 atom stereocenters. The minimum absolute atomic E-state index is 0.126. The molecule has 1 N–H and O–H groups in total. The third-order valence-corrected chi connectivity index (χ3v) is 4.53. The number of thioether (sulfide) groups is 1. The SMILES string of the molecule is Cc1ccc(Oc2ccccc2NC(=O)CSc2nccc(C(F)(F)F)n2)cc1. The lowest BCUT2D eigenvalue weighted by Gasteiger charge is -2.12. The summed E-state index contributed by atoms with van der Waals surface area (Å²) in [6.07, 6.45) is -3.55. The van der Waals surface area contributed by atoms with Crippen LogP contribution in [-0.4, -0.2) is 21.6 Å². The van der Waals surface area contributed by atoms with E-state index >= 15 is 0 Å². The number of carbonyl (C=O) groups is 1. The number of benzene rings is 2. The maximum absolute atomic E-state index is 12.7. The highest BCUT2D eigenvalue weighted by molar-refractivity contribution is 7.99. The number of rotatable bonds is 6. The molecule has 0 radical (unpaired) electrons. The number of ether oxygens (including phenoxy) is 1. The zero-order valence-electron chi connectivity index (χ0n) is 15.2. The second-order valence-electron chi connectivity index (χ2n) is 5.97. The predicted octanol–water partition coefficient (Wildman–Crippen LogP) is 5.33. The predicted molar refractivity (Wildman–Crippen MR) is 104 cm³/mol. The molecule has 5 nitrogen and oxygen atoms in total. The molecule has 3 aromatic rings. The summed E-state index contributed by atoms with van der Waals surface area (Å²) >= 11 is 0.814. The number of nitrogens with zero attached hydrogens (tertiary/aromatic N) is 2. The number of hydrogen-bond donors (Lipinski definition) is 1. The minimum Gasteiger partial charge on any atom is -0.455 e. The highest BCUT2D eigenvalue weighted by Crippen LogP contribution is 2.30. The molecule has 1 amide bonds. The number of halogens is 3. The number of aryl methyl sites for hydroxylation is 1. The molecule has 150 valence electrons. The summed E-state index contributed by atoms with van der Waals surface area (Å²) in [5.41, 5.74) is 0.490. The Morgan fingerprint density at radius 2 is 1.83 bits per heavy atom. The van der Waals surface area contributed by atoms with Crippen LogP contribution in [0.3, 0.4) is 0 Å². The lowest BCUT2D eigenvalue weighted by Crippen LogP contribution is -2.15. The van der Waals surface area contributed by atoms with Crippen LogP contribution in [0.5, 0.6) is 11.5 Å². The normalized spacial score (nSPS) is 11.2. The van der Waals surface area contributed by atoms with Crippen LogP contribution in [0, 0.1) is 6.92 Å². The van der Waals surface area contributed by atoms with E-state index in [9.17, 15) is 18.0 Å². The van der Waals surface area contributed by atoms with Gasteiger partial charge in [0.2, 0.25) is 5.91 Å². The molecule has 0 unspecified atom stereocenters. The summed E-state index contributed by atoms with van der Waals surface area (Å²) in [6, 6.07) is 15.1. The molecule has 1 aromatic heterocycles. The van der Waals surface area contributed by atoms with Crippen molar-refractivity contribution in [3.63, 3.8) is 0 Å². The topological polar surface area (TPSA) is 64.1 Å². The molecule has 0 saturated carbocycles. The van der Waals surface area contributed by atoms with Gasteiger partial charge in [0.15, 0.2) is 10.9 Å². The van der Waals surface area contributed by atoms with Gasteiger partial charge in [-0.25, -0.2) is 9.97 Å². The van der Waals surface area contributed by atoms with Crippen LogP contribution >= 0.6 is 11.8 Å². The molecular weight excluding hydrogens is 403 g/mol. The van der Waals surface area contributed by atoms with Crippen molar-refractivity contribution in [3.8, 4) is 11.5 Å². The maximum Gasteiger partial charge on any atom is 0.433 e. The Balaban J connectivity index is 1.63. The van der Waals surface area contributed by atoms with E-state index in [2.05, 4.69) is 15.3 Å². The summed E-state index contributed by atoms with van der Waals surface area (Å²) in [5, 5.41) is 2.57. The van der Waals surface area contributed by atoms with Gasteiger partial charge in [0.1, 0.15) is 11.4 Å². The molecule has 1 heterocycles. The lowest BCUT2D eigenvalue weighted by atomic mass is 10.2. The Morgan fingerprint density at radius 1 is 1.10 bits per heavy atom. The second-order valence-corrected chi connectivity index (χ2v) is 6.91. The standard InChI is InChI=1S/C20H16F3N3O2S/c1-13-6-8-14(9-7-13)28-16-5-3-2-4-15(16)25-18(27)12-29-19-24-11-10-17(26-19)20(21,22)23/h2-11H,12H2,1H3,(H,25,27). The number of nitrogens with one attached hydrogen (secondary N) is 1. The first-order valence-electron chi connectivity index (χ1n) is 8.48. The highest BCUT2D eigenvalue weighted by atomic mass is 32.2. The van der Waals surface area contributed by atoms with Gasteiger partial charge in [-0.2, -0.15) is 13.2 Å². The minimum atomic E-state index is -4.56. The Morgan fingerprint density at radius 3 is 2.55 bits per heavy atom. The van der Waals surface area contributed by atoms with Crippen LogP contribution in [0.2, 0.25) is 0 Å². The summed E-state index contributed by atoms with van der Waals surface area (Å²) in [4.78, 5) is 19.4. The van der Waals surface area contributed by atoms with Crippen LogP contribution in [-0.2, 0) is 11.0 Å². The third kappa shape index (κ3) is 5.95. The molecule has 0 bridgehead atoms. The average molecular weight is 419 g/mol. The van der Waals surface area contributed by atoms with Crippen molar-refractivity contribution >= 4 is 23.4 Å². The van der Waals surface area contributed by atoms with Gasteiger partial charge < -0.3 is 10.1 Å². The quantitative estimate of drug-likeness (QED) is 0.432. The van der Waals surface area contributed by atoms with Crippen LogP contribution in [0.1, 0.15) is 11.3 Å². The Hall–Kier alpha value is -3.07. The molecule has 3 rings (SSSR count). The zero-order chi connectivity index (χ0) is 20.9. The fraction of sp³-hybridized carbons (Fsp3) is 0.150. The summed E-state index contributed by atoms with van der Waals surface area (Å²) < 4.78 is 43.9. The number of amides is 1. The Kier molecular flexibility index (Phi) is 6.38. The zero-order valence-corrected chi connectivity index (χ0v) is 16.1. The monoisotopic (exact) mass is 419 g/mol. The van der Waals surface area contributed by atoms with Crippen LogP contribution in [0.15, 0.2) is 66.0 Å². The van der Waals surface area contributed by atoms with Crippen molar-refractivity contribution in [2.45, 2.75) is 18.3 Å². The van der Waals surface area contributed by atoms with Gasteiger partial charge in [-0.1, -0.05) is 41.6 Å². The smallest absolute Gasteiger partial charge is 0.433 e. The van der Waals surface area contributed by atoms with E-state index < -0.39 is 17.8 Å². The van der Waals surface area contributed by atoms with Crippen LogP contribution in [0.4, 0.5) is 18.9 Å². The Bertz CT molecular complexity index is 995. The molecule has 0 spiro atoms. The number of alkyl halides is 3. The van der Waals surface area contributed by atoms with E-state index in [0.717, 1.165) is 29.6 Å². The summed E-state index contributed by atoms with van der Waals surface area (Å²) in [6.45, 7) is 1.96. The molecule has 0 aliphatic rings. The van der Waals surface area contributed by atoms with Crippen molar-refractivity contribution in [1.82, 2.24) is 9.97 Å². The van der Waals surface area contributed by atoms with Crippen molar-refractivity contribution < 1.29 is 22.7 Å². The molecule has 2 aromatic carbocycles. The fourth-order valence-corrected chi connectivity index (χ4v) is 2.91. The third-order valence-electron chi connectivity index (χ3n) is 3.67. The van der Waals surface area contributed by atoms with E-state index in [1.165, 1.54) is 0 Å². The first-order chi connectivity index (χ1) is 13.8. The highest BCUT2D eigenvalue weighted by Gasteiger charge is 2.32. The van der Waals surface area contributed by atoms with Gasteiger partial charge in [-0.05, 0) is 37.3 Å². The molecule has 29 heavy (non-hydrogen) atoms. The largest absolute Gasteiger partial charge is 0.455 e. The maximum atomic E-state index is 12.7. The van der Waals surface area contributed by atoms with E-state index in [4.69, 9.17) is 4.74 Å². The average Bonchev–Trinajstić information content (AvgIpc) is 2.69. The number of para-hydroxylation sites is 2. The van der Waals surface area contributed by atoms with Gasteiger partial charge in [-0.3, -0.25) is 4.79 Å². The van der Waals surface area contributed by atoms with E-state index in [0.29, 0.717) is 17.2 Å². The summed E-state index contributed by atoms with van der Waals surface area (Å²) in [5.74, 6) is 0.491. The number of hydrogen-bond acceptors (Lipinski definition) is 5. The first kappa shape index (κ1) is 20.7. The van der Waals surface area contributed by atoms with Crippen molar-refractivity contribution in [2.75, 3.05) is 11.1 Å². The fourth-order valence-electron chi connectivity index (χ4n) is 2.28. The second kappa shape index (κ2) is 8.95. The van der Waals surface area contributed by atoms with Gasteiger partial charge >= 0.3 is 6.18 Å². The van der Waals surface area contributed by atoms with E-state index in [-0.39, 0.29) is 10.9 Å². The first-order valence-corrected chi connectivity index (χ1v) is 9.46. The Labute approximate surface area is 169 Å². The van der Waals surface area contributed by atoms with Gasteiger partial charge in [0, 0.05) is 6.20 Å². The van der Waals surface area contributed by atoms with Crippen molar-refractivity contribution in [1.29, 1.82) is 0 Å². The van der Waals surface area contributed by atoms with Gasteiger partial charge in [-0.15, -0.1) is 0 Å². The van der Waals surface area contributed by atoms with Crippen LogP contribution in [0.25, 0.3) is 0 Å². The van der Waals surface area contributed by atoms with E-state index in [1.54, 1.807) is 24.3 Å². The summed E-state index contributed by atoms with van der Waals surface area (Å²) in [7, 11) is 0. The van der Waals surface area contributed by atoms with Crippen molar-refractivity contribution in [3.05, 3.63) is 72.1 Å². The van der Waals surface area contributed by atoms with Gasteiger partial charge in [0.25, 0.3) is 0 Å². The number of anilines is 1. The molecule has 0 fully saturated rings.